The number of rotatable bonds is 5. The average molecular weight is 217 g/mol. The number of carboxylic acid groups (broad SMARTS) is 1. The minimum atomic E-state index is -1.24. The minimum Gasteiger partial charge on any atom is -0.481 e. The maximum atomic E-state index is 11.3. The third-order valence-electron chi connectivity index (χ3n) is 1.78. The number of nitrogens with one attached hydrogen (secondary N) is 1. The molecule has 0 saturated heterocycles. The van der Waals surface area contributed by atoms with E-state index in [9.17, 15) is 14.4 Å². The summed E-state index contributed by atoms with van der Waals surface area (Å²) in [4.78, 5) is 32.4. The van der Waals surface area contributed by atoms with Crippen LogP contribution in [0, 0.1) is 0 Å². The highest BCUT2D eigenvalue weighted by Gasteiger charge is 2.29. The summed E-state index contributed by atoms with van der Waals surface area (Å²) >= 11 is 0. The number of carbonyl (C=O) groups is 3. The van der Waals surface area contributed by atoms with Crippen molar-refractivity contribution in [3.63, 3.8) is 0 Å². The standard InChI is InChI=1S/C8H15N3O4/c1-8(2,7(10)15)11-6(14)4(9)3-5(12)13/h4H,3,9H2,1-2H3,(H2,10,15)(H,11,14)(H,12,13). The molecule has 7 heteroatoms. The molecule has 0 bridgehead atoms. The summed E-state index contributed by atoms with van der Waals surface area (Å²) in [5.74, 6) is -2.63. The van der Waals surface area contributed by atoms with Gasteiger partial charge < -0.3 is 21.9 Å². The van der Waals surface area contributed by atoms with Crippen LogP contribution < -0.4 is 16.8 Å². The van der Waals surface area contributed by atoms with Gasteiger partial charge in [-0.15, -0.1) is 0 Å². The molecule has 86 valence electrons. The molecule has 0 aromatic heterocycles. The molecular formula is C8H15N3O4. The lowest BCUT2D eigenvalue weighted by molar-refractivity contribution is -0.140. The Morgan fingerprint density at radius 2 is 1.87 bits per heavy atom. The van der Waals surface area contributed by atoms with Crippen LogP contribution in [0.15, 0.2) is 0 Å². The van der Waals surface area contributed by atoms with Crippen molar-refractivity contribution >= 4 is 17.8 Å². The molecule has 0 aromatic rings. The SMILES string of the molecule is CC(C)(NC(=O)C(N)CC(=O)O)C(N)=O. The first-order chi connectivity index (χ1) is 6.66. The molecule has 0 aromatic carbocycles. The summed E-state index contributed by atoms with van der Waals surface area (Å²) in [6, 6.07) is -1.19. The molecule has 7 nitrogen and oxygen atoms in total. The molecule has 0 rings (SSSR count). The lowest BCUT2D eigenvalue weighted by atomic mass is 10.0. The fourth-order valence-electron chi connectivity index (χ4n) is 0.743. The van der Waals surface area contributed by atoms with E-state index in [4.69, 9.17) is 16.6 Å². The maximum Gasteiger partial charge on any atom is 0.305 e. The van der Waals surface area contributed by atoms with Gasteiger partial charge in [0, 0.05) is 0 Å². The van der Waals surface area contributed by atoms with E-state index < -0.39 is 35.8 Å². The second-order valence-electron chi connectivity index (χ2n) is 3.68. The van der Waals surface area contributed by atoms with Crippen LogP contribution >= 0.6 is 0 Å². The van der Waals surface area contributed by atoms with Crippen molar-refractivity contribution in [3.8, 4) is 0 Å². The molecule has 0 aliphatic carbocycles. The van der Waals surface area contributed by atoms with Crippen LogP contribution in [0.2, 0.25) is 0 Å². The van der Waals surface area contributed by atoms with Gasteiger partial charge in [0.2, 0.25) is 11.8 Å². The van der Waals surface area contributed by atoms with Crippen LogP contribution in [0.4, 0.5) is 0 Å². The van der Waals surface area contributed by atoms with Crippen molar-refractivity contribution in [2.45, 2.75) is 31.8 Å². The number of nitrogens with two attached hydrogens (primary N) is 2. The fourth-order valence-corrected chi connectivity index (χ4v) is 0.743. The van der Waals surface area contributed by atoms with Gasteiger partial charge in [-0.25, -0.2) is 0 Å². The highest BCUT2D eigenvalue weighted by Crippen LogP contribution is 2.01. The number of hydrogen-bond donors (Lipinski definition) is 4. The maximum absolute atomic E-state index is 11.3. The van der Waals surface area contributed by atoms with Gasteiger partial charge in [-0.2, -0.15) is 0 Å². The summed E-state index contributed by atoms with van der Waals surface area (Å²) < 4.78 is 0. The zero-order valence-electron chi connectivity index (χ0n) is 8.61. The van der Waals surface area contributed by atoms with Crippen LogP contribution in [0.1, 0.15) is 20.3 Å². The van der Waals surface area contributed by atoms with Crippen molar-refractivity contribution < 1.29 is 19.5 Å². The summed E-state index contributed by atoms with van der Waals surface area (Å²) in [5, 5.41) is 10.6. The lowest BCUT2D eigenvalue weighted by Gasteiger charge is -2.23. The summed E-state index contributed by atoms with van der Waals surface area (Å²) in [5.41, 5.74) is 9.05. The number of carbonyl (C=O) groups excluding carboxylic acids is 2. The van der Waals surface area contributed by atoms with E-state index in [1.165, 1.54) is 13.8 Å². The van der Waals surface area contributed by atoms with Crippen molar-refractivity contribution in [1.29, 1.82) is 0 Å². The zero-order valence-corrected chi connectivity index (χ0v) is 8.61. The fraction of sp³-hybridized carbons (Fsp3) is 0.625. The van der Waals surface area contributed by atoms with Crippen molar-refractivity contribution in [2.75, 3.05) is 0 Å². The molecule has 0 fully saturated rings. The highest BCUT2D eigenvalue weighted by molar-refractivity contribution is 5.92. The third kappa shape index (κ3) is 4.41. The second-order valence-corrected chi connectivity index (χ2v) is 3.68. The van der Waals surface area contributed by atoms with Gasteiger partial charge in [-0.05, 0) is 13.8 Å². The second kappa shape index (κ2) is 4.74. The van der Waals surface area contributed by atoms with Gasteiger partial charge in [-0.3, -0.25) is 14.4 Å². The lowest BCUT2D eigenvalue weighted by Crippen LogP contribution is -2.57. The number of carboxylic acids is 1. The molecule has 15 heavy (non-hydrogen) atoms. The minimum absolute atomic E-state index is 0.499. The Morgan fingerprint density at radius 3 is 2.20 bits per heavy atom. The van der Waals surface area contributed by atoms with Gasteiger partial charge in [0.05, 0.1) is 12.5 Å². The molecule has 0 radical (unpaired) electrons. The average Bonchev–Trinajstić information content (AvgIpc) is 2.01. The molecular weight excluding hydrogens is 202 g/mol. The molecule has 0 heterocycles. The first-order valence-electron chi connectivity index (χ1n) is 4.26. The van der Waals surface area contributed by atoms with Crippen LogP contribution in [-0.2, 0) is 14.4 Å². The van der Waals surface area contributed by atoms with E-state index in [0.29, 0.717) is 0 Å². The Morgan fingerprint density at radius 1 is 1.40 bits per heavy atom. The smallest absolute Gasteiger partial charge is 0.305 e. The van der Waals surface area contributed by atoms with Crippen molar-refractivity contribution in [1.82, 2.24) is 5.32 Å². The first-order valence-corrected chi connectivity index (χ1v) is 4.26. The third-order valence-corrected chi connectivity index (χ3v) is 1.78. The highest BCUT2D eigenvalue weighted by atomic mass is 16.4. The van der Waals surface area contributed by atoms with E-state index in [1.54, 1.807) is 0 Å². The Balaban J connectivity index is 4.36. The topological polar surface area (TPSA) is 136 Å². The van der Waals surface area contributed by atoms with Gasteiger partial charge >= 0.3 is 5.97 Å². The molecule has 0 saturated carbocycles. The Bertz CT molecular complexity index is 288. The molecule has 0 spiro atoms. The van der Waals surface area contributed by atoms with Crippen LogP contribution in [0.5, 0.6) is 0 Å². The van der Waals surface area contributed by atoms with E-state index in [2.05, 4.69) is 5.32 Å². The van der Waals surface area contributed by atoms with Crippen molar-refractivity contribution in [2.24, 2.45) is 11.5 Å². The number of hydrogen-bond acceptors (Lipinski definition) is 4. The van der Waals surface area contributed by atoms with Gasteiger partial charge in [0.25, 0.3) is 0 Å². The quantitative estimate of drug-likeness (QED) is 0.429. The predicted octanol–water partition coefficient (Wildman–Crippen LogP) is -1.83. The van der Waals surface area contributed by atoms with E-state index in [1.807, 2.05) is 0 Å². The largest absolute Gasteiger partial charge is 0.481 e. The summed E-state index contributed by atoms with van der Waals surface area (Å²) in [6.45, 7) is 2.81. The molecule has 0 aliphatic heterocycles. The molecule has 1 atom stereocenters. The van der Waals surface area contributed by atoms with Crippen molar-refractivity contribution in [3.05, 3.63) is 0 Å². The number of primary amides is 1. The number of amides is 2. The van der Waals surface area contributed by atoms with E-state index >= 15 is 0 Å². The summed E-state index contributed by atoms with van der Waals surface area (Å²) in [7, 11) is 0. The zero-order chi connectivity index (χ0) is 12.2. The van der Waals surface area contributed by atoms with E-state index in [-0.39, 0.29) is 0 Å². The van der Waals surface area contributed by atoms with Gasteiger partial charge in [-0.1, -0.05) is 0 Å². The van der Waals surface area contributed by atoms with E-state index in [0.717, 1.165) is 0 Å². The first kappa shape index (κ1) is 13.4. The summed E-state index contributed by atoms with van der Waals surface area (Å²) in [6.07, 6.45) is -0.499. The van der Waals surface area contributed by atoms with Gasteiger partial charge in [0.15, 0.2) is 0 Å². The van der Waals surface area contributed by atoms with Gasteiger partial charge in [0.1, 0.15) is 5.54 Å². The molecule has 0 aliphatic rings. The van der Waals surface area contributed by atoms with Crippen LogP contribution in [-0.4, -0.2) is 34.5 Å². The molecule has 6 N–H and O–H groups in total. The van der Waals surface area contributed by atoms with Crippen LogP contribution in [0.25, 0.3) is 0 Å². The Labute approximate surface area is 86.8 Å². The number of aliphatic carboxylic acids is 1. The Kier molecular flexibility index (Phi) is 4.22. The predicted molar refractivity (Wildman–Crippen MR) is 51.6 cm³/mol. The molecule has 2 amide bonds. The monoisotopic (exact) mass is 217 g/mol. The Hall–Kier alpha value is -1.63. The normalized spacial score (nSPS) is 13.0. The molecule has 1 unspecified atom stereocenters. The van der Waals surface area contributed by atoms with Crippen LogP contribution in [0.3, 0.4) is 0 Å².